The van der Waals surface area contributed by atoms with Crippen LogP contribution in [0, 0.1) is 0 Å². The predicted octanol–water partition coefficient (Wildman–Crippen LogP) is -0.0996. The van der Waals surface area contributed by atoms with E-state index in [4.69, 9.17) is 18.0 Å². The van der Waals surface area contributed by atoms with Crippen LogP contribution in [-0.2, 0) is 7.05 Å². The average Bonchev–Trinajstić information content (AvgIpc) is 2.79. The van der Waals surface area contributed by atoms with Crippen LogP contribution in [-0.4, -0.2) is 51.3 Å². The van der Waals surface area contributed by atoms with Gasteiger partial charge in [-0.3, -0.25) is 9.48 Å². The largest absolute Gasteiger partial charge is 0.391 e. The van der Waals surface area contributed by atoms with E-state index in [0.29, 0.717) is 10.6 Å². The first-order valence-electron chi connectivity index (χ1n) is 6.22. The van der Waals surface area contributed by atoms with E-state index >= 15 is 0 Å². The van der Waals surface area contributed by atoms with E-state index < -0.39 is 5.54 Å². The van der Waals surface area contributed by atoms with Crippen molar-refractivity contribution in [3.8, 4) is 0 Å². The molecule has 0 spiro atoms. The van der Waals surface area contributed by atoms with E-state index in [1.165, 1.54) is 6.20 Å². The Bertz CT molecular complexity index is 490. The number of aromatic nitrogens is 2. The SMILES string of the molecule is CN1CCC(NC(=O)c2cnn(C)c2)(C(N)=S)CC1. The molecule has 7 heteroatoms. The van der Waals surface area contributed by atoms with Crippen LogP contribution in [0.4, 0.5) is 0 Å². The molecule has 2 rings (SSSR count). The Kier molecular flexibility index (Phi) is 3.86. The quantitative estimate of drug-likeness (QED) is 0.757. The second kappa shape index (κ2) is 5.26. The molecule has 0 bridgehead atoms. The molecule has 104 valence electrons. The predicted molar refractivity (Wildman–Crippen MR) is 76.9 cm³/mol. The van der Waals surface area contributed by atoms with Gasteiger partial charge in [0.15, 0.2) is 0 Å². The van der Waals surface area contributed by atoms with Gasteiger partial charge in [0.2, 0.25) is 0 Å². The first kappa shape index (κ1) is 14.0. The number of hydrogen-bond donors (Lipinski definition) is 2. The third-order valence-corrected chi connectivity index (χ3v) is 4.02. The minimum absolute atomic E-state index is 0.176. The maximum absolute atomic E-state index is 12.2. The van der Waals surface area contributed by atoms with Crippen LogP contribution in [0.25, 0.3) is 0 Å². The molecule has 0 atom stereocenters. The normalized spacial score (nSPS) is 19.1. The molecule has 1 amide bonds. The Hall–Kier alpha value is -1.47. The van der Waals surface area contributed by atoms with Crippen molar-refractivity contribution in [2.24, 2.45) is 12.8 Å². The fourth-order valence-corrected chi connectivity index (χ4v) is 2.52. The van der Waals surface area contributed by atoms with Crippen molar-refractivity contribution in [2.75, 3.05) is 20.1 Å². The molecule has 0 aliphatic carbocycles. The summed E-state index contributed by atoms with van der Waals surface area (Å²) in [6.45, 7) is 1.73. The van der Waals surface area contributed by atoms with Gasteiger partial charge in [-0.05, 0) is 19.9 Å². The highest BCUT2D eigenvalue weighted by molar-refractivity contribution is 7.80. The number of rotatable bonds is 3. The topological polar surface area (TPSA) is 76.2 Å². The Balaban J connectivity index is 2.13. The van der Waals surface area contributed by atoms with Crippen molar-refractivity contribution >= 4 is 23.1 Å². The van der Waals surface area contributed by atoms with E-state index in [1.807, 2.05) is 7.05 Å². The summed E-state index contributed by atoms with van der Waals surface area (Å²) in [6, 6.07) is 0. The minimum atomic E-state index is -0.575. The lowest BCUT2D eigenvalue weighted by Gasteiger charge is -2.40. The highest BCUT2D eigenvalue weighted by Crippen LogP contribution is 2.22. The molecule has 1 aliphatic rings. The number of carbonyl (C=O) groups is 1. The number of piperidine rings is 1. The van der Waals surface area contributed by atoms with Crippen LogP contribution < -0.4 is 11.1 Å². The second-order valence-corrected chi connectivity index (χ2v) is 5.55. The van der Waals surface area contributed by atoms with Crippen molar-refractivity contribution in [1.82, 2.24) is 20.0 Å². The van der Waals surface area contributed by atoms with E-state index in [0.717, 1.165) is 25.9 Å². The van der Waals surface area contributed by atoms with Gasteiger partial charge in [0, 0.05) is 26.3 Å². The van der Waals surface area contributed by atoms with Crippen LogP contribution in [0.3, 0.4) is 0 Å². The second-order valence-electron chi connectivity index (χ2n) is 5.11. The molecule has 1 aromatic rings. The Morgan fingerprint density at radius 1 is 1.47 bits per heavy atom. The zero-order chi connectivity index (χ0) is 14.0. The molecule has 1 saturated heterocycles. The van der Waals surface area contributed by atoms with Crippen molar-refractivity contribution in [1.29, 1.82) is 0 Å². The maximum Gasteiger partial charge on any atom is 0.255 e. The molecule has 6 nitrogen and oxygen atoms in total. The highest BCUT2D eigenvalue weighted by atomic mass is 32.1. The highest BCUT2D eigenvalue weighted by Gasteiger charge is 2.38. The number of hydrogen-bond acceptors (Lipinski definition) is 4. The van der Waals surface area contributed by atoms with E-state index in [-0.39, 0.29) is 5.91 Å². The number of amides is 1. The summed E-state index contributed by atoms with van der Waals surface area (Å²) in [6.07, 6.45) is 4.70. The number of nitrogens with one attached hydrogen (secondary N) is 1. The van der Waals surface area contributed by atoms with Gasteiger partial charge in [-0.2, -0.15) is 5.10 Å². The molecular formula is C12H19N5OS. The number of aryl methyl sites for hydroxylation is 1. The van der Waals surface area contributed by atoms with Crippen LogP contribution in [0.2, 0.25) is 0 Å². The molecule has 0 saturated carbocycles. The molecule has 2 heterocycles. The molecule has 3 N–H and O–H groups in total. The summed E-state index contributed by atoms with van der Waals surface area (Å²) in [5.41, 5.74) is 5.81. The molecular weight excluding hydrogens is 262 g/mol. The summed E-state index contributed by atoms with van der Waals surface area (Å²) in [7, 11) is 3.82. The Morgan fingerprint density at radius 2 is 2.11 bits per heavy atom. The van der Waals surface area contributed by atoms with Crippen molar-refractivity contribution in [2.45, 2.75) is 18.4 Å². The standard InChI is InChI=1S/C12H19N5OS/c1-16-5-3-12(4-6-16,11(13)19)15-10(18)9-7-14-17(2)8-9/h7-8H,3-6H2,1-2H3,(H2,13,19)(H,15,18). The van der Waals surface area contributed by atoms with Gasteiger partial charge in [0.05, 0.1) is 22.3 Å². The Morgan fingerprint density at radius 3 is 2.58 bits per heavy atom. The molecule has 0 aromatic carbocycles. The molecule has 0 unspecified atom stereocenters. The van der Waals surface area contributed by atoms with Gasteiger partial charge < -0.3 is 16.0 Å². The van der Waals surface area contributed by atoms with E-state index in [9.17, 15) is 4.79 Å². The molecule has 1 fully saturated rings. The Labute approximate surface area is 117 Å². The zero-order valence-corrected chi connectivity index (χ0v) is 12.0. The summed E-state index contributed by atoms with van der Waals surface area (Å²) >= 11 is 5.16. The summed E-state index contributed by atoms with van der Waals surface area (Å²) in [5, 5.41) is 6.99. The van der Waals surface area contributed by atoms with Gasteiger partial charge in [-0.15, -0.1) is 0 Å². The number of nitrogens with zero attached hydrogens (tertiary/aromatic N) is 3. The van der Waals surface area contributed by atoms with Crippen LogP contribution in [0.5, 0.6) is 0 Å². The maximum atomic E-state index is 12.2. The smallest absolute Gasteiger partial charge is 0.255 e. The summed E-state index contributed by atoms with van der Waals surface area (Å²) in [4.78, 5) is 14.8. The molecule has 1 aliphatic heterocycles. The number of carbonyl (C=O) groups excluding carboxylic acids is 1. The number of nitrogens with two attached hydrogens (primary N) is 1. The van der Waals surface area contributed by atoms with Crippen molar-refractivity contribution in [3.63, 3.8) is 0 Å². The minimum Gasteiger partial charge on any atom is -0.391 e. The van der Waals surface area contributed by atoms with E-state index in [2.05, 4.69) is 15.3 Å². The van der Waals surface area contributed by atoms with E-state index in [1.54, 1.807) is 17.9 Å². The number of thiocarbonyl (C=S) groups is 1. The lowest BCUT2D eigenvalue weighted by molar-refractivity contribution is 0.0890. The lowest BCUT2D eigenvalue weighted by Crippen LogP contribution is -2.61. The summed E-state index contributed by atoms with van der Waals surface area (Å²) in [5.74, 6) is -0.176. The lowest BCUT2D eigenvalue weighted by atomic mass is 9.87. The van der Waals surface area contributed by atoms with Gasteiger partial charge in [-0.1, -0.05) is 12.2 Å². The first-order valence-corrected chi connectivity index (χ1v) is 6.63. The van der Waals surface area contributed by atoms with Crippen molar-refractivity contribution in [3.05, 3.63) is 18.0 Å². The monoisotopic (exact) mass is 281 g/mol. The first-order chi connectivity index (χ1) is 8.93. The van der Waals surface area contributed by atoms with Crippen molar-refractivity contribution < 1.29 is 4.79 Å². The third-order valence-electron chi connectivity index (χ3n) is 3.63. The van der Waals surface area contributed by atoms with Crippen LogP contribution in [0.1, 0.15) is 23.2 Å². The average molecular weight is 281 g/mol. The molecule has 0 radical (unpaired) electrons. The van der Waals surface area contributed by atoms with Crippen LogP contribution in [0.15, 0.2) is 12.4 Å². The molecule has 1 aromatic heterocycles. The fraction of sp³-hybridized carbons (Fsp3) is 0.583. The van der Waals surface area contributed by atoms with Gasteiger partial charge in [-0.25, -0.2) is 0 Å². The van der Waals surface area contributed by atoms with Gasteiger partial charge >= 0.3 is 0 Å². The summed E-state index contributed by atoms with van der Waals surface area (Å²) < 4.78 is 1.59. The fourth-order valence-electron chi connectivity index (χ4n) is 2.26. The van der Waals surface area contributed by atoms with Gasteiger partial charge in [0.1, 0.15) is 0 Å². The third kappa shape index (κ3) is 2.93. The molecule has 19 heavy (non-hydrogen) atoms. The number of likely N-dealkylation sites (tertiary alicyclic amines) is 1. The zero-order valence-electron chi connectivity index (χ0n) is 11.2. The van der Waals surface area contributed by atoms with Gasteiger partial charge in [0.25, 0.3) is 5.91 Å². The van der Waals surface area contributed by atoms with Crippen LogP contribution >= 0.6 is 12.2 Å².